The van der Waals surface area contributed by atoms with Crippen molar-refractivity contribution in [3.8, 4) is 11.5 Å². The Bertz CT molecular complexity index is 370. The van der Waals surface area contributed by atoms with Crippen molar-refractivity contribution >= 4 is 6.08 Å². The average Bonchev–Trinajstić information content (AvgIpc) is 2.27. The van der Waals surface area contributed by atoms with Gasteiger partial charge in [-0.25, -0.2) is 9.79 Å². The van der Waals surface area contributed by atoms with E-state index in [1.807, 2.05) is 19.1 Å². The molecule has 4 nitrogen and oxygen atoms in total. The molecule has 0 N–H and O–H groups in total. The van der Waals surface area contributed by atoms with Crippen molar-refractivity contribution in [3.63, 3.8) is 0 Å². The number of methoxy groups -OCH3 is 1. The van der Waals surface area contributed by atoms with Gasteiger partial charge in [0.05, 0.1) is 20.3 Å². The topological polar surface area (TPSA) is 47.9 Å². The van der Waals surface area contributed by atoms with Crippen molar-refractivity contribution in [2.45, 2.75) is 13.5 Å². The molecule has 0 saturated heterocycles. The average molecular weight is 207 g/mol. The van der Waals surface area contributed by atoms with E-state index in [0.29, 0.717) is 24.7 Å². The number of rotatable bonds is 5. The van der Waals surface area contributed by atoms with E-state index < -0.39 is 0 Å². The molecule has 0 heterocycles. The van der Waals surface area contributed by atoms with Crippen molar-refractivity contribution in [2.75, 3.05) is 13.7 Å². The molecule has 1 aromatic carbocycles. The molecular weight excluding hydrogens is 194 g/mol. The van der Waals surface area contributed by atoms with Gasteiger partial charge in [-0.05, 0) is 24.6 Å². The van der Waals surface area contributed by atoms with E-state index >= 15 is 0 Å². The van der Waals surface area contributed by atoms with Crippen LogP contribution >= 0.6 is 0 Å². The Labute approximate surface area is 88.5 Å². The molecule has 0 aromatic heterocycles. The van der Waals surface area contributed by atoms with Crippen molar-refractivity contribution in [1.82, 2.24) is 0 Å². The van der Waals surface area contributed by atoms with Crippen LogP contribution in [-0.2, 0) is 11.3 Å². The molecule has 0 saturated carbocycles. The standard InChI is InChI=1S/C11H13NO3/c1-3-15-11-6-9(7-12-8-13)4-5-10(11)14-2/h4-6H,3,7H2,1-2H3. The first-order valence-electron chi connectivity index (χ1n) is 4.65. The van der Waals surface area contributed by atoms with Gasteiger partial charge in [0.1, 0.15) is 0 Å². The van der Waals surface area contributed by atoms with Crippen molar-refractivity contribution in [3.05, 3.63) is 23.8 Å². The summed E-state index contributed by atoms with van der Waals surface area (Å²) in [5.74, 6) is 1.34. The first-order valence-corrected chi connectivity index (χ1v) is 4.65. The van der Waals surface area contributed by atoms with Crippen LogP contribution in [0.25, 0.3) is 0 Å². The number of nitrogens with zero attached hydrogens (tertiary/aromatic N) is 1. The Balaban J connectivity index is 2.92. The van der Waals surface area contributed by atoms with Crippen molar-refractivity contribution < 1.29 is 14.3 Å². The Kier molecular flexibility index (Phi) is 4.38. The van der Waals surface area contributed by atoms with Gasteiger partial charge in [-0.15, -0.1) is 0 Å². The van der Waals surface area contributed by atoms with Gasteiger partial charge in [-0.2, -0.15) is 0 Å². The summed E-state index contributed by atoms with van der Waals surface area (Å²) in [4.78, 5) is 13.5. The lowest BCUT2D eigenvalue weighted by atomic mass is 10.2. The van der Waals surface area contributed by atoms with Crippen LogP contribution in [0.4, 0.5) is 0 Å². The zero-order valence-electron chi connectivity index (χ0n) is 8.82. The normalized spacial score (nSPS) is 9.20. The van der Waals surface area contributed by atoms with E-state index in [2.05, 4.69) is 4.99 Å². The Morgan fingerprint density at radius 2 is 2.20 bits per heavy atom. The predicted octanol–water partition coefficient (Wildman–Crippen LogP) is 1.93. The molecule has 0 atom stereocenters. The van der Waals surface area contributed by atoms with Crippen molar-refractivity contribution in [2.24, 2.45) is 4.99 Å². The molecule has 80 valence electrons. The highest BCUT2D eigenvalue weighted by molar-refractivity contribution is 5.43. The quantitative estimate of drug-likeness (QED) is 0.547. The Hall–Kier alpha value is -1.80. The molecule has 0 unspecified atom stereocenters. The van der Waals surface area contributed by atoms with E-state index in [1.165, 1.54) is 6.08 Å². The third-order valence-electron chi connectivity index (χ3n) is 1.85. The maximum Gasteiger partial charge on any atom is 0.235 e. The second-order valence-corrected chi connectivity index (χ2v) is 2.83. The van der Waals surface area contributed by atoms with Crippen LogP contribution in [0, 0.1) is 0 Å². The lowest BCUT2D eigenvalue weighted by molar-refractivity contribution is 0.310. The molecule has 1 rings (SSSR count). The molecule has 0 bridgehead atoms. The fraction of sp³-hybridized carbons (Fsp3) is 0.364. The molecule has 0 aliphatic carbocycles. The Morgan fingerprint density at radius 1 is 1.40 bits per heavy atom. The van der Waals surface area contributed by atoms with Crippen LogP contribution in [0.3, 0.4) is 0 Å². The summed E-state index contributed by atoms with van der Waals surface area (Å²) in [5.41, 5.74) is 0.891. The fourth-order valence-electron chi connectivity index (χ4n) is 1.21. The summed E-state index contributed by atoms with van der Waals surface area (Å²) in [7, 11) is 1.58. The second kappa shape index (κ2) is 5.83. The van der Waals surface area contributed by atoms with Gasteiger partial charge in [0.2, 0.25) is 6.08 Å². The van der Waals surface area contributed by atoms with Crippen LogP contribution < -0.4 is 9.47 Å². The summed E-state index contributed by atoms with van der Waals surface area (Å²) in [6, 6.07) is 5.44. The minimum absolute atomic E-state index is 0.313. The monoisotopic (exact) mass is 207 g/mol. The molecule has 0 spiro atoms. The number of hydrogen-bond acceptors (Lipinski definition) is 4. The number of benzene rings is 1. The second-order valence-electron chi connectivity index (χ2n) is 2.83. The molecular formula is C11H13NO3. The summed E-state index contributed by atoms with van der Waals surface area (Å²) in [6.45, 7) is 2.78. The maximum absolute atomic E-state index is 9.96. The highest BCUT2D eigenvalue weighted by atomic mass is 16.5. The molecule has 0 aliphatic rings. The maximum atomic E-state index is 9.96. The van der Waals surface area contributed by atoms with Gasteiger partial charge in [0.15, 0.2) is 11.5 Å². The van der Waals surface area contributed by atoms with Crippen LogP contribution in [-0.4, -0.2) is 19.8 Å². The van der Waals surface area contributed by atoms with Gasteiger partial charge in [0.25, 0.3) is 0 Å². The van der Waals surface area contributed by atoms with E-state index in [-0.39, 0.29) is 0 Å². The third kappa shape index (κ3) is 3.11. The zero-order chi connectivity index (χ0) is 11.1. The first kappa shape index (κ1) is 11.3. The SMILES string of the molecule is CCOc1cc(CN=C=O)ccc1OC. The lowest BCUT2D eigenvalue weighted by Gasteiger charge is -2.09. The number of hydrogen-bond donors (Lipinski definition) is 0. The minimum Gasteiger partial charge on any atom is -0.493 e. The van der Waals surface area contributed by atoms with Gasteiger partial charge in [-0.1, -0.05) is 6.07 Å². The summed E-state index contributed by atoms with van der Waals surface area (Å²) in [5, 5.41) is 0. The van der Waals surface area contributed by atoms with Gasteiger partial charge in [-0.3, -0.25) is 0 Å². The molecule has 0 amide bonds. The fourth-order valence-corrected chi connectivity index (χ4v) is 1.21. The summed E-state index contributed by atoms with van der Waals surface area (Å²) >= 11 is 0. The minimum atomic E-state index is 0.313. The first-order chi connectivity index (χ1) is 7.31. The number of carbonyl (C=O) groups excluding carboxylic acids is 1. The number of isocyanates is 1. The molecule has 15 heavy (non-hydrogen) atoms. The van der Waals surface area contributed by atoms with Gasteiger partial charge in [0, 0.05) is 0 Å². The smallest absolute Gasteiger partial charge is 0.235 e. The van der Waals surface area contributed by atoms with Crippen LogP contribution in [0.1, 0.15) is 12.5 Å². The highest BCUT2D eigenvalue weighted by Crippen LogP contribution is 2.28. The summed E-state index contributed by atoms with van der Waals surface area (Å²) < 4.78 is 10.5. The van der Waals surface area contributed by atoms with Crippen LogP contribution in [0.15, 0.2) is 23.2 Å². The zero-order valence-corrected chi connectivity index (χ0v) is 8.82. The van der Waals surface area contributed by atoms with Gasteiger partial charge >= 0.3 is 0 Å². The Morgan fingerprint density at radius 3 is 2.80 bits per heavy atom. The molecule has 1 aromatic rings. The summed E-state index contributed by atoms with van der Waals surface area (Å²) in [6.07, 6.45) is 1.50. The largest absolute Gasteiger partial charge is 0.493 e. The molecule has 0 radical (unpaired) electrons. The number of ether oxygens (including phenoxy) is 2. The third-order valence-corrected chi connectivity index (χ3v) is 1.85. The van der Waals surface area contributed by atoms with E-state index in [0.717, 1.165) is 5.56 Å². The van der Waals surface area contributed by atoms with Crippen molar-refractivity contribution in [1.29, 1.82) is 0 Å². The van der Waals surface area contributed by atoms with Crippen LogP contribution in [0.5, 0.6) is 11.5 Å². The molecule has 0 fully saturated rings. The van der Waals surface area contributed by atoms with Gasteiger partial charge < -0.3 is 9.47 Å². The predicted molar refractivity (Wildman–Crippen MR) is 56.0 cm³/mol. The van der Waals surface area contributed by atoms with Crippen LogP contribution in [0.2, 0.25) is 0 Å². The van der Waals surface area contributed by atoms with E-state index in [9.17, 15) is 4.79 Å². The van der Waals surface area contributed by atoms with E-state index in [4.69, 9.17) is 9.47 Å². The molecule has 4 heteroatoms. The number of aliphatic imine (C=N–C) groups is 1. The lowest BCUT2D eigenvalue weighted by Crippen LogP contribution is -1.96. The molecule has 0 aliphatic heterocycles. The van der Waals surface area contributed by atoms with E-state index in [1.54, 1.807) is 13.2 Å². The highest BCUT2D eigenvalue weighted by Gasteiger charge is 2.04.